The van der Waals surface area contributed by atoms with Gasteiger partial charge in [-0.15, -0.1) is 0 Å². The number of aryl methyl sites for hydroxylation is 1. The highest BCUT2D eigenvalue weighted by atomic mass is 32.1. The van der Waals surface area contributed by atoms with Crippen molar-refractivity contribution in [1.29, 1.82) is 0 Å². The van der Waals surface area contributed by atoms with E-state index in [1.807, 2.05) is 0 Å². The average Bonchev–Trinajstić information content (AvgIpc) is 2.97. The summed E-state index contributed by atoms with van der Waals surface area (Å²) in [5, 5.41) is 12.5. The summed E-state index contributed by atoms with van der Waals surface area (Å²) < 4.78 is 4.01. The van der Waals surface area contributed by atoms with Crippen molar-refractivity contribution in [2.75, 3.05) is 11.9 Å². The third-order valence-corrected chi connectivity index (χ3v) is 4.37. The molecule has 1 fully saturated rings. The minimum Gasteiger partial charge on any atom is -0.478 e. The highest BCUT2D eigenvalue weighted by Gasteiger charge is 2.25. The zero-order chi connectivity index (χ0) is 14.0. The minimum atomic E-state index is -1.05. The van der Waals surface area contributed by atoms with Crippen molar-refractivity contribution in [1.82, 2.24) is 9.69 Å². The van der Waals surface area contributed by atoms with Gasteiger partial charge in [0.05, 0.1) is 5.69 Å². The van der Waals surface area contributed by atoms with Gasteiger partial charge >= 0.3 is 12.0 Å². The molecule has 1 heterocycles. The first-order valence-electron chi connectivity index (χ1n) is 6.24. The van der Waals surface area contributed by atoms with Crippen molar-refractivity contribution in [2.45, 2.75) is 38.6 Å². The topological polar surface area (TPSA) is 82.5 Å². The first-order valence-corrected chi connectivity index (χ1v) is 7.02. The first kappa shape index (κ1) is 13.8. The molecule has 1 aromatic rings. The van der Waals surface area contributed by atoms with Gasteiger partial charge in [0, 0.05) is 13.1 Å². The van der Waals surface area contributed by atoms with Crippen molar-refractivity contribution < 1.29 is 14.7 Å². The number of carboxylic acids is 1. The summed E-state index contributed by atoms with van der Waals surface area (Å²) in [6.45, 7) is 1.63. The quantitative estimate of drug-likeness (QED) is 0.891. The fourth-order valence-corrected chi connectivity index (χ4v) is 3.11. The monoisotopic (exact) mass is 283 g/mol. The van der Waals surface area contributed by atoms with E-state index in [2.05, 4.69) is 9.69 Å². The summed E-state index contributed by atoms with van der Waals surface area (Å²) in [7, 11) is 1.57. The Morgan fingerprint density at radius 3 is 2.63 bits per heavy atom. The molecule has 1 aliphatic rings. The Morgan fingerprint density at radius 1 is 1.42 bits per heavy atom. The van der Waals surface area contributed by atoms with Crippen molar-refractivity contribution in [3.63, 3.8) is 0 Å². The van der Waals surface area contributed by atoms with Gasteiger partial charge < -0.3 is 10.4 Å². The van der Waals surface area contributed by atoms with Gasteiger partial charge in [-0.2, -0.15) is 4.37 Å². The maximum Gasteiger partial charge on any atom is 0.340 e. The van der Waals surface area contributed by atoms with Crippen molar-refractivity contribution in [3.8, 4) is 0 Å². The number of aromatic carboxylic acids is 1. The SMILES string of the molecule is Cc1nsc(N(C)C(=O)NC2CCCC2)c1C(=O)O. The second-order valence-electron chi connectivity index (χ2n) is 4.74. The van der Waals surface area contributed by atoms with E-state index in [1.54, 1.807) is 14.0 Å². The molecule has 19 heavy (non-hydrogen) atoms. The van der Waals surface area contributed by atoms with Crippen LogP contribution in [0.5, 0.6) is 0 Å². The van der Waals surface area contributed by atoms with Crippen molar-refractivity contribution in [2.24, 2.45) is 0 Å². The van der Waals surface area contributed by atoms with E-state index < -0.39 is 5.97 Å². The number of hydrogen-bond donors (Lipinski definition) is 2. The number of rotatable bonds is 3. The summed E-state index contributed by atoms with van der Waals surface area (Å²) in [4.78, 5) is 24.6. The second-order valence-corrected chi connectivity index (χ2v) is 5.50. The van der Waals surface area contributed by atoms with Gasteiger partial charge in [-0.3, -0.25) is 4.90 Å². The molecule has 2 amide bonds. The summed E-state index contributed by atoms with van der Waals surface area (Å²) in [6, 6.07) is -0.0599. The summed E-state index contributed by atoms with van der Waals surface area (Å²) in [6.07, 6.45) is 4.25. The van der Waals surface area contributed by atoms with E-state index in [0.717, 1.165) is 37.2 Å². The van der Waals surface area contributed by atoms with E-state index in [4.69, 9.17) is 5.11 Å². The fourth-order valence-electron chi connectivity index (χ4n) is 2.27. The van der Waals surface area contributed by atoms with Crippen LogP contribution < -0.4 is 10.2 Å². The number of hydrogen-bond acceptors (Lipinski definition) is 4. The van der Waals surface area contributed by atoms with Crippen LogP contribution in [0.15, 0.2) is 0 Å². The Hall–Kier alpha value is -1.63. The molecule has 0 radical (unpaired) electrons. The van der Waals surface area contributed by atoms with Crippen LogP contribution in [0.3, 0.4) is 0 Å². The standard InChI is InChI=1S/C12H17N3O3S/c1-7-9(11(16)17)10(19-14-7)15(2)12(18)13-8-5-3-4-6-8/h8H,3-6H2,1-2H3,(H,13,18)(H,16,17). The van der Waals surface area contributed by atoms with Gasteiger partial charge in [-0.25, -0.2) is 9.59 Å². The predicted molar refractivity (Wildman–Crippen MR) is 73.0 cm³/mol. The lowest BCUT2D eigenvalue weighted by molar-refractivity contribution is 0.0697. The molecule has 0 bridgehead atoms. The largest absolute Gasteiger partial charge is 0.478 e. The summed E-state index contributed by atoms with van der Waals surface area (Å²) >= 11 is 1.03. The third kappa shape index (κ3) is 2.86. The molecule has 0 unspecified atom stereocenters. The van der Waals surface area contributed by atoms with Gasteiger partial charge in [-0.1, -0.05) is 12.8 Å². The molecule has 1 saturated carbocycles. The van der Waals surface area contributed by atoms with Crippen LogP contribution >= 0.6 is 11.5 Å². The van der Waals surface area contributed by atoms with Crippen LogP contribution in [0.2, 0.25) is 0 Å². The molecular formula is C12H17N3O3S. The Kier molecular flexibility index (Phi) is 4.04. The number of carboxylic acid groups (broad SMARTS) is 1. The molecular weight excluding hydrogens is 266 g/mol. The number of nitrogens with one attached hydrogen (secondary N) is 1. The lowest BCUT2D eigenvalue weighted by atomic mass is 10.2. The average molecular weight is 283 g/mol. The summed E-state index contributed by atoms with van der Waals surface area (Å²) in [5.74, 6) is -1.05. The molecule has 0 aliphatic heterocycles. The number of carbonyl (C=O) groups excluding carboxylic acids is 1. The number of anilines is 1. The predicted octanol–water partition coefficient (Wildman–Crippen LogP) is 2.24. The molecule has 1 aromatic heterocycles. The number of nitrogens with zero attached hydrogens (tertiary/aromatic N) is 2. The van der Waals surface area contributed by atoms with Crippen molar-refractivity contribution >= 4 is 28.5 Å². The zero-order valence-corrected chi connectivity index (χ0v) is 11.8. The smallest absolute Gasteiger partial charge is 0.340 e. The van der Waals surface area contributed by atoms with Crippen LogP contribution in [0.25, 0.3) is 0 Å². The Labute approximate surface area is 115 Å². The van der Waals surface area contributed by atoms with Crippen LogP contribution in [0, 0.1) is 6.92 Å². The summed E-state index contributed by atoms with van der Waals surface area (Å²) in [5.41, 5.74) is 0.544. The lowest BCUT2D eigenvalue weighted by Crippen LogP contribution is -2.42. The molecule has 0 saturated heterocycles. The molecule has 104 valence electrons. The van der Waals surface area contributed by atoms with Gasteiger partial charge in [0.2, 0.25) is 0 Å². The molecule has 0 atom stereocenters. The van der Waals surface area contributed by atoms with Crippen LogP contribution in [-0.2, 0) is 0 Å². The van der Waals surface area contributed by atoms with E-state index in [9.17, 15) is 9.59 Å². The third-order valence-electron chi connectivity index (χ3n) is 3.35. The molecule has 7 heteroatoms. The molecule has 2 rings (SSSR count). The van der Waals surface area contributed by atoms with E-state index in [1.165, 1.54) is 4.90 Å². The van der Waals surface area contributed by atoms with Crippen LogP contribution in [0.1, 0.15) is 41.7 Å². The Balaban J connectivity index is 2.12. The van der Waals surface area contributed by atoms with Crippen LogP contribution in [0.4, 0.5) is 9.80 Å². The molecule has 1 aliphatic carbocycles. The van der Waals surface area contributed by atoms with Gasteiger partial charge in [0.1, 0.15) is 10.6 Å². The van der Waals surface area contributed by atoms with Crippen molar-refractivity contribution in [3.05, 3.63) is 11.3 Å². The molecule has 0 spiro atoms. The maximum atomic E-state index is 12.1. The lowest BCUT2D eigenvalue weighted by Gasteiger charge is -2.19. The Morgan fingerprint density at radius 2 is 2.05 bits per heavy atom. The molecule has 6 nitrogen and oxygen atoms in total. The van der Waals surface area contributed by atoms with Gasteiger partial charge in [-0.05, 0) is 31.3 Å². The second kappa shape index (κ2) is 5.56. The highest BCUT2D eigenvalue weighted by molar-refractivity contribution is 7.11. The fraction of sp³-hybridized carbons (Fsp3) is 0.583. The number of carbonyl (C=O) groups is 2. The van der Waals surface area contributed by atoms with Gasteiger partial charge in [0.25, 0.3) is 0 Å². The Bertz CT molecular complexity index is 494. The number of aromatic nitrogens is 1. The van der Waals surface area contributed by atoms with E-state index in [-0.39, 0.29) is 17.6 Å². The maximum absolute atomic E-state index is 12.1. The minimum absolute atomic E-state index is 0.106. The number of amides is 2. The van der Waals surface area contributed by atoms with Crippen LogP contribution in [-0.4, -0.2) is 34.6 Å². The first-order chi connectivity index (χ1) is 9.00. The van der Waals surface area contributed by atoms with E-state index in [0.29, 0.717) is 10.7 Å². The number of urea groups is 1. The zero-order valence-electron chi connectivity index (χ0n) is 11.0. The normalized spacial score (nSPS) is 15.5. The molecule has 0 aromatic carbocycles. The highest BCUT2D eigenvalue weighted by Crippen LogP contribution is 2.28. The van der Waals surface area contributed by atoms with Gasteiger partial charge in [0.15, 0.2) is 0 Å². The molecule has 2 N–H and O–H groups in total. The van der Waals surface area contributed by atoms with E-state index >= 15 is 0 Å².